The van der Waals surface area contributed by atoms with Crippen molar-refractivity contribution in [3.05, 3.63) is 29.8 Å². The van der Waals surface area contributed by atoms with E-state index in [1.807, 2.05) is 0 Å². The minimum atomic E-state index is -3.78. The van der Waals surface area contributed by atoms with Gasteiger partial charge >= 0.3 is 17.9 Å². The molecule has 0 atom stereocenters. The Morgan fingerprint density at radius 3 is 1.46 bits per heavy atom. The largest absolute Gasteiger partial charge is 0.464 e. The van der Waals surface area contributed by atoms with Gasteiger partial charge in [0.05, 0.1) is 37.1 Å². The molecular weight excluding hydrogens is 512 g/mol. The van der Waals surface area contributed by atoms with E-state index in [0.717, 1.165) is 5.56 Å². The lowest BCUT2D eigenvalue weighted by molar-refractivity contribution is -0.178. The summed E-state index contributed by atoms with van der Waals surface area (Å²) in [5.41, 5.74) is -4.31. The van der Waals surface area contributed by atoms with Crippen LogP contribution in [-0.4, -0.2) is 98.8 Å². The third-order valence-electron chi connectivity index (χ3n) is 5.88. The van der Waals surface area contributed by atoms with E-state index in [4.69, 9.17) is 14.2 Å². The van der Waals surface area contributed by atoms with Gasteiger partial charge in [0.15, 0.2) is 9.84 Å². The summed E-state index contributed by atoms with van der Waals surface area (Å²) in [7, 11) is -3.78. The zero-order valence-corrected chi connectivity index (χ0v) is 22.2. The second-order valence-electron chi connectivity index (χ2n) is 9.73. The first-order valence-corrected chi connectivity index (χ1v) is 13.0. The molecule has 0 unspecified atom stereocenters. The minimum Gasteiger partial charge on any atom is -0.464 e. The number of esters is 3. The van der Waals surface area contributed by atoms with Crippen molar-refractivity contribution in [2.75, 3.05) is 52.0 Å². The highest BCUT2D eigenvalue weighted by molar-refractivity contribution is 7.91. The lowest BCUT2D eigenvalue weighted by Gasteiger charge is -2.30. The maximum atomic E-state index is 12.9. The van der Waals surface area contributed by atoms with E-state index in [-0.39, 0.29) is 4.90 Å². The zero-order chi connectivity index (χ0) is 28.5. The maximum Gasteiger partial charge on any atom is 0.318 e. The van der Waals surface area contributed by atoms with Crippen LogP contribution < -0.4 is 0 Å². The average Bonchev–Trinajstić information content (AvgIpc) is 2.89. The van der Waals surface area contributed by atoms with Crippen molar-refractivity contribution in [1.29, 1.82) is 0 Å². The Morgan fingerprint density at radius 1 is 0.703 bits per heavy atom. The molecular formula is C24H36O12S. The van der Waals surface area contributed by atoms with E-state index in [9.17, 15) is 43.2 Å². The van der Waals surface area contributed by atoms with Gasteiger partial charge in [0.2, 0.25) is 0 Å². The van der Waals surface area contributed by atoms with Crippen molar-refractivity contribution in [3.8, 4) is 0 Å². The number of benzene rings is 1. The molecule has 0 amide bonds. The highest BCUT2D eigenvalue weighted by Crippen LogP contribution is 2.26. The quantitative estimate of drug-likeness (QED) is 0.161. The molecule has 0 spiro atoms. The molecule has 0 fully saturated rings. The molecule has 0 aliphatic carbocycles. The Balaban J connectivity index is 3.01. The van der Waals surface area contributed by atoms with Gasteiger partial charge in [-0.2, -0.15) is 0 Å². The second kappa shape index (κ2) is 13.3. The number of ether oxygens (including phenoxy) is 3. The van der Waals surface area contributed by atoms with Crippen LogP contribution in [-0.2, 0) is 38.4 Å². The van der Waals surface area contributed by atoms with Gasteiger partial charge in [-0.3, -0.25) is 14.4 Å². The molecule has 210 valence electrons. The number of sulfone groups is 1. The van der Waals surface area contributed by atoms with Gasteiger partial charge in [0.1, 0.15) is 36.1 Å². The maximum absolute atomic E-state index is 12.9. The molecule has 0 heterocycles. The molecule has 1 rings (SSSR count). The van der Waals surface area contributed by atoms with Crippen LogP contribution >= 0.6 is 0 Å². The summed E-state index contributed by atoms with van der Waals surface area (Å²) in [6.45, 7) is 0.510. The molecule has 0 saturated carbocycles. The lowest BCUT2D eigenvalue weighted by atomic mass is 9.90. The summed E-state index contributed by atoms with van der Waals surface area (Å²) < 4.78 is 40.4. The molecule has 13 heteroatoms. The average molecular weight is 549 g/mol. The zero-order valence-electron chi connectivity index (χ0n) is 21.4. The number of hydrogen-bond donors (Lipinski definition) is 4. The van der Waals surface area contributed by atoms with Crippen LogP contribution in [0, 0.1) is 23.2 Å². The van der Waals surface area contributed by atoms with E-state index in [0.29, 0.717) is 0 Å². The molecule has 1 aromatic rings. The minimum absolute atomic E-state index is 0.0411. The van der Waals surface area contributed by atoms with Crippen molar-refractivity contribution < 1.29 is 57.4 Å². The number of aliphatic hydroxyl groups is 4. The van der Waals surface area contributed by atoms with Gasteiger partial charge in [-0.1, -0.05) is 17.7 Å². The normalized spacial score (nSPS) is 12.6. The fourth-order valence-corrected chi connectivity index (χ4v) is 3.69. The molecule has 0 bridgehead atoms. The van der Waals surface area contributed by atoms with Crippen LogP contribution in [0.3, 0.4) is 0 Å². The fraction of sp³-hybridized carbons (Fsp3) is 0.625. The highest BCUT2D eigenvalue weighted by atomic mass is 32.2. The van der Waals surface area contributed by atoms with Crippen molar-refractivity contribution >= 4 is 27.7 Å². The summed E-state index contributed by atoms with van der Waals surface area (Å²) in [6, 6.07) is 6.09. The first kappa shape index (κ1) is 32.4. The van der Waals surface area contributed by atoms with Gasteiger partial charge < -0.3 is 34.6 Å². The fourth-order valence-electron chi connectivity index (χ4n) is 2.60. The van der Waals surface area contributed by atoms with Crippen molar-refractivity contribution in [1.82, 2.24) is 0 Å². The third kappa shape index (κ3) is 8.47. The van der Waals surface area contributed by atoms with Gasteiger partial charge in [-0.25, -0.2) is 8.42 Å². The smallest absolute Gasteiger partial charge is 0.318 e. The van der Waals surface area contributed by atoms with Crippen LogP contribution in [0.2, 0.25) is 0 Å². The first-order valence-electron chi connectivity index (χ1n) is 11.4. The van der Waals surface area contributed by atoms with Crippen LogP contribution in [0.1, 0.15) is 26.3 Å². The van der Waals surface area contributed by atoms with Crippen LogP contribution in [0.15, 0.2) is 29.2 Å². The molecule has 37 heavy (non-hydrogen) atoms. The summed E-state index contributed by atoms with van der Waals surface area (Å²) in [5, 5.41) is 37.6. The van der Waals surface area contributed by atoms with Crippen LogP contribution in [0.25, 0.3) is 0 Å². The number of aliphatic hydroxyl groups excluding tert-OH is 4. The second-order valence-corrected chi connectivity index (χ2v) is 11.8. The molecule has 0 aromatic heterocycles. The van der Waals surface area contributed by atoms with Crippen molar-refractivity contribution in [3.63, 3.8) is 0 Å². The summed E-state index contributed by atoms with van der Waals surface area (Å²) >= 11 is 0. The Hall–Kier alpha value is -2.58. The Labute approximate surface area is 216 Å². The number of carbonyl (C=O) groups excluding carboxylic acids is 3. The SMILES string of the molecule is Cc1ccc(S(=O)(=O)CCOC(=O)C(C)(COC(=O)C(C)(CO)CO)COC(=O)C(C)(CO)CO)cc1. The van der Waals surface area contributed by atoms with Gasteiger partial charge in [0.25, 0.3) is 0 Å². The summed E-state index contributed by atoms with van der Waals surface area (Å²) in [4.78, 5) is 37.7. The Kier molecular flexibility index (Phi) is 11.7. The number of carbonyl (C=O) groups is 3. The van der Waals surface area contributed by atoms with E-state index < -0.39 is 96.0 Å². The van der Waals surface area contributed by atoms with E-state index in [2.05, 4.69) is 0 Å². The van der Waals surface area contributed by atoms with E-state index >= 15 is 0 Å². The summed E-state index contributed by atoms with van der Waals surface area (Å²) in [5.74, 6) is -3.69. The topological polar surface area (TPSA) is 194 Å². The Morgan fingerprint density at radius 2 is 1.08 bits per heavy atom. The molecule has 0 aliphatic rings. The molecule has 0 saturated heterocycles. The predicted octanol–water partition coefficient (Wildman–Crippen LogP) is -0.614. The van der Waals surface area contributed by atoms with E-state index in [1.165, 1.54) is 32.9 Å². The molecule has 4 N–H and O–H groups in total. The molecule has 12 nitrogen and oxygen atoms in total. The standard InChI is InChI=1S/C24H36O12S/c1-17-5-7-18(8-6-17)37(32,33)10-9-34-21(31)24(4,15-35-19(29)22(2,11-25)12-26)16-36-20(30)23(3,13-27)14-28/h5-8,25-28H,9-16H2,1-4H3. The van der Waals surface area contributed by atoms with Crippen molar-refractivity contribution in [2.24, 2.45) is 16.2 Å². The van der Waals surface area contributed by atoms with Crippen LogP contribution in [0.5, 0.6) is 0 Å². The monoisotopic (exact) mass is 548 g/mol. The van der Waals surface area contributed by atoms with E-state index in [1.54, 1.807) is 19.1 Å². The van der Waals surface area contributed by atoms with Gasteiger partial charge in [-0.05, 0) is 39.8 Å². The molecule has 0 aliphatic heterocycles. The molecule has 0 radical (unpaired) electrons. The number of hydrogen-bond acceptors (Lipinski definition) is 12. The third-order valence-corrected chi connectivity index (χ3v) is 7.58. The first-order chi connectivity index (χ1) is 17.1. The van der Waals surface area contributed by atoms with Crippen LogP contribution in [0.4, 0.5) is 0 Å². The predicted molar refractivity (Wildman–Crippen MR) is 129 cm³/mol. The summed E-state index contributed by atoms with van der Waals surface area (Å²) in [6.07, 6.45) is 0. The van der Waals surface area contributed by atoms with Gasteiger partial charge in [0, 0.05) is 0 Å². The Bertz CT molecular complexity index is 990. The van der Waals surface area contributed by atoms with Crippen molar-refractivity contribution in [2.45, 2.75) is 32.6 Å². The highest BCUT2D eigenvalue weighted by Gasteiger charge is 2.43. The lowest BCUT2D eigenvalue weighted by Crippen LogP contribution is -2.45. The van der Waals surface area contributed by atoms with Gasteiger partial charge in [-0.15, -0.1) is 0 Å². The molecule has 1 aromatic carbocycles. The number of rotatable bonds is 15. The number of aryl methyl sites for hydroxylation is 1.